The highest BCUT2D eigenvalue weighted by molar-refractivity contribution is 7.88. The maximum Gasteiger partial charge on any atom is 0.261 e. The molecule has 1 aromatic carbocycles. The number of thiophene rings is 1. The van der Waals surface area contributed by atoms with Gasteiger partial charge in [-0.3, -0.25) is 4.79 Å². The lowest BCUT2D eigenvalue weighted by Gasteiger charge is -2.31. The molecular formula is C16H19FN2O3S2. The highest BCUT2D eigenvalue weighted by Gasteiger charge is 2.28. The van der Waals surface area contributed by atoms with Gasteiger partial charge in [0.05, 0.1) is 11.1 Å². The number of nitrogens with zero attached hydrogens (tertiary/aromatic N) is 1. The summed E-state index contributed by atoms with van der Waals surface area (Å²) in [6.45, 7) is 2.50. The fourth-order valence-corrected chi connectivity index (χ4v) is 5.12. The molecule has 1 atom stereocenters. The number of rotatable bonds is 3. The topological polar surface area (TPSA) is 66.5 Å². The fourth-order valence-electron chi connectivity index (χ4n) is 3.08. The summed E-state index contributed by atoms with van der Waals surface area (Å²) in [6.07, 6.45) is 2.62. The second-order valence-corrected chi connectivity index (χ2v) is 9.14. The Hall–Kier alpha value is -1.51. The highest BCUT2D eigenvalue weighted by atomic mass is 32.2. The van der Waals surface area contributed by atoms with Crippen LogP contribution in [0.3, 0.4) is 0 Å². The van der Waals surface area contributed by atoms with E-state index in [1.165, 1.54) is 28.0 Å². The number of hydrogen-bond donors (Lipinski definition) is 1. The van der Waals surface area contributed by atoms with Gasteiger partial charge in [0.25, 0.3) is 5.91 Å². The Bertz CT molecular complexity index is 892. The van der Waals surface area contributed by atoms with E-state index in [1.54, 1.807) is 19.1 Å². The van der Waals surface area contributed by atoms with Gasteiger partial charge in [0.1, 0.15) is 5.82 Å². The van der Waals surface area contributed by atoms with E-state index in [9.17, 15) is 17.6 Å². The highest BCUT2D eigenvalue weighted by Crippen LogP contribution is 2.32. The summed E-state index contributed by atoms with van der Waals surface area (Å²) in [6, 6.07) is 4.57. The summed E-state index contributed by atoms with van der Waals surface area (Å²) in [7, 11) is -3.26. The molecule has 1 saturated heterocycles. The molecule has 1 unspecified atom stereocenters. The molecule has 0 radical (unpaired) electrons. The number of piperidine rings is 1. The molecule has 5 nitrogen and oxygen atoms in total. The van der Waals surface area contributed by atoms with Crippen LogP contribution >= 0.6 is 11.3 Å². The summed E-state index contributed by atoms with van der Waals surface area (Å²) < 4.78 is 39.4. The molecule has 1 fully saturated rings. The monoisotopic (exact) mass is 370 g/mol. The Balaban J connectivity index is 1.80. The first kappa shape index (κ1) is 17.3. The molecule has 24 heavy (non-hydrogen) atoms. The minimum Gasteiger partial charge on any atom is -0.347 e. The quantitative estimate of drug-likeness (QED) is 0.903. The van der Waals surface area contributed by atoms with Crippen molar-refractivity contribution in [2.75, 3.05) is 19.3 Å². The third-order valence-electron chi connectivity index (χ3n) is 4.30. The lowest BCUT2D eigenvalue weighted by Crippen LogP contribution is -2.49. The number of hydrogen-bond acceptors (Lipinski definition) is 4. The fraction of sp³-hybridized carbons (Fsp3) is 0.438. The lowest BCUT2D eigenvalue weighted by atomic mass is 10.1. The predicted molar refractivity (Wildman–Crippen MR) is 93.4 cm³/mol. The van der Waals surface area contributed by atoms with Gasteiger partial charge in [0.15, 0.2) is 0 Å². The number of aryl methyl sites for hydroxylation is 1. The summed E-state index contributed by atoms with van der Waals surface area (Å²) in [5.41, 5.74) is 0.626. The first-order chi connectivity index (χ1) is 11.3. The van der Waals surface area contributed by atoms with E-state index in [4.69, 9.17) is 0 Å². The van der Waals surface area contributed by atoms with Crippen molar-refractivity contribution in [2.45, 2.75) is 25.8 Å². The van der Waals surface area contributed by atoms with Crippen LogP contribution in [0.2, 0.25) is 0 Å². The molecule has 1 aliphatic heterocycles. The minimum absolute atomic E-state index is 0.226. The van der Waals surface area contributed by atoms with Crippen LogP contribution < -0.4 is 5.32 Å². The molecule has 1 N–H and O–H groups in total. The van der Waals surface area contributed by atoms with Gasteiger partial charge in [0.2, 0.25) is 10.0 Å². The number of carbonyl (C=O) groups excluding carboxylic acids is 1. The van der Waals surface area contributed by atoms with Crippen LogP contribution in [0.5, 0.6) is 0 Å². The Labute approximate surface area is 144 Å². The molecule has 2 heterocycles. The third kappa shape index (κ3) is 3.31. The first-order valence-corrected chi connectivity index (χ1v) is 10.4. The Kier molecular flexibility index (Phi) is 4.63. The van der Waals surface area contributed by atoms with Crippen molar-refractivity contribution in [2.24, 2.45) is 0 Å². The van der Waals surface area contributed by atoms with Gasteiger partial charge in [0, 0.05) is 29.2 Å². The van der Waals surface area contributed by atoms with Gasteiger partial charge in [-0.2, -0.15) is 0 Å². The average molecular weight is 370 g/mol. The largest absolute Gasteiger partial charge is 0.347 e. The molecule has 1 aliphatic rings. The molecule has 130 valence electrons. The van der Waals surface area contributed by atoms with Crippen LogP contribution in [-0.4, -0.2) is 44.0 Å². The van der Waals surface area contributed by atoms with Crippen LogP contribution in [0.15, 0.2) is 18.2 Å². The number of halogens is 1. The third-order valence-corrected chi connectivity index (χ3v) is 6.82. The average Bonchev–Trinajstić information content (AvgIpc) is 2.85. The molecule has 1 aromatic heterocycles. The van der Waals surface area contributed by atoms with E-state index in [1.807, 2.05) is 0 Å². The van der Waals surface area contributed by atoms with E-state index < -0.39 is 10.0 Å². The summed E-state index contributed by atoms with van der Waals surface area (Å²) in [5, 5.41) is 3.38. The minimum atomic E-state index is -3.26. The molecule has 0 bridgehead atoms. The zero-order valence-electron chi connectivity index (χ0n) is 13.5. The Morgan fingerprint density at radius 2 is 2.17 bits per heavy atom. The number of fused-ring (bicyclic) bond motifs is 1. The first-order valence-electron chi connectivity index (χ1n) is 7.71. The molecular weight excluding hydrogens is 351 g/mol. The molecule has 3 rings (SSSR count). The number of amides is 1. The van der Waals surface area contributed by atoms with Crippen molar-refractivity contribution in [1.82, 2.24) is 9.62 Å². The zero-order chi connectivity index (χ0) is 17.5. The van der Waals surface area contributed by atoms with Crippen LogP contribution in [0.25, 0.3) is 10.1 Å². The standard InChI is InChI=1S/C16H19FN2O3S2/c1-10-14-12(17)6-3-7-13(14)23-15(10)16(20)18-11-5-4-8-19(9-11)24(2,21)22/h3,6-7,11H,4-5,8-9H2,1-2H3,(H,18,20). The normalized spacial score (nSPS) is 19.5. The summed E-state index contributed by atoms with van der Waals surface area (Å²) in [4.78, 5) is 13.1. The number of sulfonamides is 1. The van der Waals surface area contributed by atoms with Gasteiger partial charge in [-0.1, -0.05) is 6.07 Å². The zero-order valence-corrected chi connectivity index (χ0v) is 15.1. The van der Waals surface area contributed by atoms with Crippen LogP contribution in [0, 0.1) is 12.7 Å². The number of carbonyl (C=O) groups is 1. The molecule has 0 aliphatic carbocycles. The van der Waals surface area contributed by atoms with Gasteiger partial charge in [-0.05, 0) is 37.5 Å². The predicted octanol–water partition coefficient (Wildman–Crippen LogP) is 2.50. The van der Waals surface area contributed by atoms with E-state index in [0.717, 1.165) is 11.1 Å². The summed E-state index contributed by atoms with van der Waals surface area (Å²) in [5.74, 6) is -0.602. The van der Waals surface area contributed by atoms with Gasteiger partial charge in [-0.25, -0.2) is 17.1 Å². The van der Waals surface area contributed by atoms with Crippen LogP contribution in [0.4, 0.5) is 4.39 Å². The van der Waals surface area contributed by atoms with E-state index >= 15 is 0 Å². The van der Waals surface area contributed by atoms with Crippen molar-refractivity contribution in [3.8, 4) is 0 Å². The molecule has 8 heteroatoms. The van der Waals surface area contributed by atoms with E-state index in [2.05, 4.69) is 5.32 Å². The molecule has 2 aromatic rings. The Morgan fingerprint density at radius 1 is 1.42 bits per heavy atom. The van der Waals surface area contributed by atoms with Gasteiger partial charge >= 0.3 is 0 Å². The van der Waals surface area contributed by atoms with Gasteiger partial charge in [-0.15, -0.1) is 11.3 Å². The maximum atomic E-state index is 14.0. The van der Waals surface area contributed by atoms with Gasteiger partial charge < -0.3 is 5.32 Å². The number of nitrogens with one attached hydrogen (secondary N) is 1. The lowest BCUT2D eigenvalue weighted by molar-refractivity contribution is 0.0925. The Morgan fingerprint density at radius 3 is 2.83 bits per heavy atom. The SMILES string of the molecule is Cc1c(C(=O)NC2CCCN(S(C)(=O)=O)C2)sc2cccc(F)c12. The van der Waals surface area contributed by atoms with E-state index in [-0.39, 0.29) is 24.3 Å². The summed E-state index contributed by atoms with van der Waals surface area (Å²) >= 11 is 1.26. The number of benzene rings is 1. The van der Waals surface area contributed by atoms with Crippen molar-refractivity contribution in [3.05, 3.63) is 34.5 Å². The van der Waals surface area contributed by atoms with Crippen molar-refractivity contribution in [3.63, 3.8) is 0 Å². The molecule has 0 spiro atoms. The van der Waals surface area contributed by atoms with Crippen LogP contribution in [-0.2, 0) is 10.0 Å². The van der Waals surface area contributed by atoms with Crippen molar-refractivity contribution < 1.29 is 17.6 Å². The smallest absolute Gasteiger partial charge is 0.261 e. The van der Waals surface area contributed by atoms with E-state index in [0.29, 0.717) is 28.8 Å². The second kappa shape index (κ2) is 6.42. The molecule has 0 saturated carbocycles. The van der Waals surface area contributed by atoms with Crippen molar-refractivity contribution in [1.29, 1.82) is 0 Å². The van der Waals surface area contributed by atoms with Crippen LogP contribution in [0.1, 0.15) is 28.1 Å². The van der Waals surface area contributed by atoms with Crippen molar-refractivity contribution >= 4 is 37.4 Å². The maximum absolute atomic E-state index is 14.0. The molecule has 1 amide bonds. The second-order valence-electron chi connectivity index (χ2n) is 6.10.